The minimum absolute atomic E-state index is 0.0527. The highest BCUT2D eigenvalue weighted by Gasteiger charge is 2.30. The van der Waals surface area contributed by atoms with Gasteiger partial charge in [-0.25, -0.2) is 4.79 Å². The van der Waals surface area contributed by atoms with Crippen LogP contribution in [0.25, 0.3) is 22.3 Å². The molecule has 6 nitrogen and oxygen atoms in total. The normalized spacial score (nSPS) is 11.5. The molecule has 0 fully saturated rings. The van der Waals surface area contributed by atoms with Gasteiger partial charge < -0.3 is 19.4 Å². The number of rotatable bonds is 2. The number of hydrogen-bond acceptors (Lipinski definition) is 5. The Bertz CT molecular complexity index is 1050. The van der Waals surface area contributed by atoms with Gasteiger partial charge in [0, 0.05) is 23.8 Å². The Hall–Kier alpha value is -3.49. The molecular weight excluding hydrogens is 357 g/mol. The van der Waals surface area contributed by atoms with Gasteiger partial charge in [0.1, 0.15) is 28.2 Å². The molecule has 134 valence electrons. The van der Waals surface area contributed by atoms with E-state index in [4.69, 9.17) is 9.52 Å². The van der Waals surface area contributed by atoms with Crippen molar-refractivity contribution in [3.8, 4) is 22.8 Å². The second kappa shape index (κ2) is 6.10. The molecule has 1 heterocycles. The van der Waals surface area contributed by atoms with Gasteiger partial charge in [-0.2, -0.15) is 13.2 Å². The molecular formula is C17H9F3O6. The third-order valence-corrected chi connectivity index (χ3v) is 3.49. The summed E-state index contributed by atoms with van der Waals surface area (Å²) in [4.78, 5) is 22.8. The molecule has 0 aliphatic rings. The first kappa shape index (κ1) is 17.3. The van der Waals surface area contributed by atoms with Gasteiger partial charge >= 0.3 is 12.3 Å². The monoisotopic (exact) mass is 366 g/mol. The Morgan fingerprint density at radius 1 is 1.08 bits per heavy atom. The van der Waals surface area contributed by atoms with E-state index in [-0.39, 0.29) is 28.0 Å². The maximum Gasteiger partial charge on any atom is 0.511 e. The molecule has 0 spiro atoms. The SMILES string of the molecule is O=C(O)Oc1cc(O)c2c(=O)cc(-c3ccc(C(F)(F)F)cc3)oc2c1. The third-order valence-electron chi connectivity index (χ3n) is 3.49. The second-order valence-electron chi connectivity index (χ2n) is 5.23. The minimum atomic E-state index is -4.50. The number of phenolic OH excluding ortho intramolecular Hbond substituents is 1. The zero-order valence-electron chi connectivity index (χ0n) is 12.7. The quantitative estimate of drug-likeness (QED) is 0.520. The van der Waals surface area contributed by atoms with Gasteiger partial charge in [-0.15, -0.1) is 0 Å². The van der Waals surface area contributed by atoms with Gasteiger partial charge in [-0.05, 0) is 12.1 Å². The largest absolute Gasteiger partial charge is 0.511 e. The number of alkyl halides is 3. The van der Waals surface area contributed by atoms with Crippen LogP contribution in [0.3, 0.4) is 0 Å². The first-order valence-electron chi connectivity index (χ1n) is 7.04. The van der Waals surface area contributed by atoms with Crippen LogP contribution in [0.4, 0.5) is 18.0 Å². The average Bonchev–Trinajstić information content (AvgIpc) is 2.52. The Balaban J connectivity index is 2.12. The average molecular weight is 366 g/mol. The topological polar surface area (TPSA) is 97.0 Å². The maximum atomic E-state index is 12.6. The lowest BCUT2D eigenvalue weighted by Crippen LogP contribution is -2.05. The van der Waals surface area contributed by atoms with Crippen LogP contribution in [0.5, 0.6) is 11.5 Å². The number of fused-ring (bicyclic) bond motifs is 1. The van der Waals surface area contributed by atoms with E-state index < -0.39 is 29.1 Å². The number of phenols is 1. The van der Waals surface area contributed by atoms with Gasteiger partial charge in [-0.3, -0.25) is 4.79 Å². The molecule has 9 heteroatoms. The number of carboxylic acid groups (broad SMARTS) is 1. The van der Waals surface area contributed by atoms with Gasteiger partial charge in [-0.1, -0.05) is 12.1 Å². The zero-order valence-corrected chi connectivity index (χ0v) is 12.7. The van der Waals surface area contributed by atoms with Crippen molar-refractivity contribution < 1.29 is 37.3 Å². The van der Waals surface area contributed by atoms with E-state index in [0.29, 0.717) is 0 Å². The molecule has 0 saturated carbocycles. The predicted octanol–water partition coefficient (Wildman–Crippen LogP) is 4.24. The molecule has 2 aromatic carbocycles. The lowest BCUT2D eigenvalue weighted by atomic mass is 10.1. The fourth-order valence-electron chi connectivity index (χ4n) is 2.37. The number of ether oxygens (including phenoxy) is 1. The fraction of sp³-hybridized carbons (Fsp3) is 0.0588. The lowest BCUT2D eigenvalue weighted by Gasteiger charge is -2.09. The molecule has 0 aliphatic heterocycles. The number of benzene rings is 2. The van der Waals surface area contributed by atoms with Crippen molar-refractivity contribution in [2.75, 3.05) is 0 Å². The molecule has 3 rings (SSSR count). The molecule has 0 amide bonds. The van der Waals surface area contributed by atoms with E-state index in [2.05, 4.69) is 4.74 Å². The summed E-state index contributed by atoms with van der Waals surface area (Å²) in [5.74, 6) is -0.884. The van der Waals surface area contributed by atoms with Crippen LogP contribution in [0.15, 0.2) is 51.7 Å². The summed E-state index contributed by atoms with van der Waals surface area (Å²) in [6, 6.07) is 6.96. The van der Waals surface area contributed by atoms with Crippen molar-refractivity contribution in [2.24, 2.45) is 0 Å². The molecule has 1 aromatic heterocycles. The number of carbonyl (C=O) groups is 1. The molecule has 0 radical (unpaired) electrons. The Labute approximate surface area is 142 Å². The van der Waals surface area contributed by atoms with Gasteiger partial charge in [0.05, 0.1) is 5.56 Å². The molecule has 0 saturated heterocycles. The summed E-state index contributed by atoms with van der Waals surface area (Å²) in [6.45, 7) is 0. The summed E-state index contributed by atoms with van der Waals surface area (Å²) >= 11 is 0. The van der Waals surface area contributed by atoms with Crippen molar-refractivity contribution in [3.63, 3.8) is 0 Å². The van der Waals surface area contributed by atoms with Crippen LogP contribution in [0.1, 0.15) is 5.56 Å². The Morgan fingerprint density at radius 3 is 2.31 bits per heavy atom. The fourth-order valence-corrected chi connectivity index (χ4v) is 2.37. The molecule has 3 aromatic rings. The lowest BCUT2D eigenvalue weighted by molar-refractivity contribution is -0.137. The highest BCUT2D eigenvalue weighted by Crippen LogP contribution is 2.33. The van der Waals surface area contributed by atoms with E-state index in [9.17, 15) is 27.9 Å². The number of aromatic hydroxyl groups is 1. The smallest absolute Gasteiger partial charge is 0.507 e. The van der Waals surface area contributed by atoms with E-state index in [1.807, 2.05) is 0 Å². The van der Waals surface area contributed by atoms with Gasteiger partial charge in [0.25, 0.3) is 0 Å². The van der Waals surface area contributed by atoms with Crippen molar-refractivity contribution in [1.82, 2.24) is 0 Å². The second-order valence-corrected chi connectivity index (χ2v) is 5.23. The first-order chi connectivity index (χ1) is 12.1. The molecule has 0 unspecified atom stereocenters. The van der Waals surface area contributed by atoms with E-state index in [1.165, 1.54) is 0 Å². The standard InChI is InChI=1S/C17H9F3O6/c18-17(19,20)9-3-1-8(2-4-9)13-7-12(22)15-11(21)5-10(25-16(23)24)6-14(15)26-13/h1-7,21H,(H,23,24). The highest BCUT2D eigenvalue weighted by atomic mass is 19.4. The van der Waals surface area contributed by atoms with Crippen LogP contribution in [-0.4, -0.2) is 16.4 Å². The van der Waals surface area contributed by atoms with Crippen LogP contribution < -0.4 is 10.2 Å². The highest BCUT2D eigenvalue weighted by molar-refractivity contribution is 5.86. The van der Waals surface area contributed by atoms with E-state index >= 15 is 0 Å². The van der Waals surface area contributed by atoms with Crippen molar-refractivity contribution >= 4 is 17.1 Å². The summed E-state index contributed by atoms with van der Waals surface area (Å²) in [5, 5.41) is 18.3. The minimum Gasteiger partial charge on any atom is -0.507 e. The van der Waals surface area contributed by atoms with Crippen LogP contribution in [0, 0.1) is 0 Å². The van der Waals surface area contributed by atoms with Crippen LogP contribution >= 0.6 is 0 Å². The maximum absolute atomic E-state index is 12.6. The summed E-state index contributed by atoms with van der Waals surface area (Å²) in [5.41, 5.74) is -1.50. The summed E-state index contributed by atoms with van der Waals surface area (Å²) in [7, 11) is 0. The van der Waals surface area contributed by atoms with Crippen molar-refractivity contribution in [2.45, 2.75) is 6.18 Å². The Kier molecular flexibility index (Phi) is 4.07. The predicted molar refractivity (Wildman–Crippen MR) is 83.2 cm³/mol. The van der Waals surface area contributed by atoms with Crippen molar-refractivity contribution in [3.05, 3.63) is 58.3 Å². The zero-order chi connectivity index (χ0) is 19.1. The first-order valence-corrected chi connectivity index (χ1v) is 7.04. The molecule has 2 N–H and O–H groups in total. The van der Waals surface area contributed by atoms with Gasteiger partial charge in [0.2, 0.25) is 0 Å². The molecule has 26 heavy (non-hydrogen) atoms. The number of hydrogen-bond donors (Lipinski definition) is 2. The summed E-state index contributed by atoms with van der Waals surface area (Å²) in [6.07, 6.45) is -6.14. The molecule has 0 bridgehead atoms. The Morgan fingerprint density at radius 2 is 1.73 bits per heavy atom. The summed E-state index contributed by atoms with van der Waals surface area (Å²) < 4.78 is 47.7. The van der Waals surface area contributed by atoms with Crippen LogP contribution in [-0.2, 0) is 6.18 Å². The molecule has 0 atom stereocenters. The van der Waals surface area contributed by atoms with E-state index in [1.54, 1.807) is 0 Å². The third kappa shape index (κ3) is 3.32. The number of halogens is 3. The molecule has 0 aliphatic carbocycles. The van der Waals surface area contributed by atoms with E-state index in [0.717, 1.165) is 42.5 Å². The van der Waals surface area contributed by atoms with Crippen molar-refractivity contribution in [1.29, 1.82) is 0 Å². The van der Waals surface area contributed by atoms with Crippen LogP contribution in [0.2, 0.25) is 0 Å². The van der Waals surface area contributed by atoms with Gasteiger partial charge in [0.15, 0.2) is 5.43 Å².